The molecule has 186 valence electrons. The molecule has 2 saturated heterocycles. The van der Waals surface area contributed by atoms with Crippen molar-refractivity contribution in [2.45, 2.75) is 62.6 Å². The van der Waals surface area contributed by atoms with Crippen LogP contribution in [0.25, 0.3) is 10.9 Å². The minimum Gasteiger partial charge on any atom is -0.389 e. The average Bonchev–Trinajstić information content (AvgIpc) is 3.35. The highest BCUT2D eigenvalue weighted by molar-refractivity contribution is 6.32. The first-order valence-corrected chi connectivity index (χ1v) is 13.0. The molecule has 3 fully saturated rings. The fourth-order valence-corrected chi connectivity index (χ4v) is 6.07. The van der Waals surface area contributed by atoms with Crippen LogP contribution in [-0.4, -0.2) is 67.7 Å². The van der Waals surface area contributed by atoms with Crippen LogP contribution in [-0.2, 0) is 10.3 Å². The number of anilines is 2. The lowest BCUT2D eigenvalue weighted by atomic mass is 9.85. The maximum Gasteiger partial charge on any atom is 0.227 e. The standard InChI is InChI=1S/C25H30Cl2N6O2/c1-24(5-6-24)33-22(27)20(12-29-33)31-23-28-11-16-9-18(26)17(10-19(16)30-23)15-3-7-32(8-4-15)25(2)14-35-13-21(25)34/h9-12,15,21,34H,3-8,13-14H2,1-2H3,(H,28,30,31)/t21?,25-/m1/s1. The summed E-state index contributed by atoms with van der Waals surface area (Å²) in [5.41, 5.74) is 2.37. The van der Waals surface area contributed by atoms with Crippen LogP contribution in [0.4, 0.5) is 11.6 Å². The summed E-state index contributed by atoms with van der Waals surface area (Å²) in [5, 5.41) is 20.3. The Balaban J connectivity index is 1.21. The van der Waals surface area contributed by atoms with Crippen molar-refractivity contribution in [2.24, 2.45) is 0 Å². The molecule has 35 heavy (non-hydrogen) atoms. The number of benzene rings is 1. The number of nitrogens with one attached hydrogen (secondary N) is 1. The van der Waals surface area contributed by atoms with Gasteiger partial charge >= 0.3 is 0 Å². The van der Waals surface area contributed by atoms with Gasteiger partial charge in [0, 0.05) is 16.6 Å². The van der Waals surface area contributed by atoms with Gasteiger partial charge in [-0.25, -0.2) is 14.6 Å². The normalized spacial score (nSPS) is 26.9. The molecule has 2 atom stereocenters. The number of nitrogens with zero attached hydrogens (tertiary/aromatic N) is 5. The summed E-state index contributed by atoms with van der Waals surface area (Å²) in [4.78, 5) is 11.6. The van der Waals surface area contributed by atoms with Crippen LogP contribution < -0.4 is 5.32 Å². The fraction of sp³-hybridized carbons (Fsp3) is 0.560. The molecule has 0 amide bonds. The van der Waals surface area contributed by atoms with Gasteiger partial charge in [0.25, 0.3) is 0 Å². The molecule has 0 bridgehead atoms. The number of aliphatic hydroxyl groups excluding tert-OH is 1. The molecular formula is C25H30Cl2N6O2. The van der Waals surface area contributed by atoms with E-state index in [1.54, 1.807) is 12.4 Å². The first kappa shape index (κ1) is 23.4. The molecule has 10 heteroatoms. The summed E-state index contributed by atoms with van der Waals surface area (Å²) in [6.07, 6.45) is 7.17. The minimum absolute atomic E-state index is 0.0166. The van der Waals surface area contributed by atoms with Gasteiger partial charge < -0.3 is 15.2 Å². The zero-order valence-corrected chi connectivity index (χ0v) is 21.5. The van der Waals surface area contributed by atoms with E-state index < -0.39 is 6.10 Å². The van der Waals surface area contributed by atoms with Gasteiger partial charge in [0.05, 0.1) is 47.8 Å². The Morgan fingerprint density at radius 3 is 2.60 bits per heavy atom. The zero-order chi connectivity index (χ0) is 24.4. The molecule has 0 radical (unpaired) electrons. The van der Waals surface area contributed by atoms with Gasteiger partial charge in [-0.15, -0.1) is 0 Å². The van der Waals surface area contributed by atoms with E-state index >= 15 is 0 Å². The number of aliphatic hydroxyl groups is 1. The van der Waals surface area contributed by atoms with E-state index in [-0.39, 0.29) is 11.1 Å². The van der Waals surface area contributed by atoms with Gasteiger partial charge in [0.15, 0.2) is 5.15 Å². The zero-order valence-electron chi connectivity index (χ0n) is 20.0. The summed E-state index contributed by atoms with van der Waals surface area (Å²) in [6, 6.07) is 4.05. The molecule has 4 heterocycles. The maximum atomic E-state index is 10.4. The topological polar surface area (TPSA) is 88.3 Å². The Morgan fingerprint density at radius 1 is 1.14 bits per heavy atom. The van der Waals surface area contributed by atoms with E-state index in [1.807, 2.05) is 10.7 Å². The summed E-state index contributed by atoms with van der Waals surface area (Å²) in [7, 11) is 0. The molecular weight excluding hydrogens is 487 g/mol. The SMILES string of the molecule is CC1(n2ncc(Nc3ncc4cc(Cl)c(C5CCN([C@]6(C)COCC6O)CC5)cc4n3)c2Cl)CC1. The third-order valence-electron chi connectivity index (χ3n) is 8.19. The summed E-state index contributed by atoms with van der Waals surface area (Å²) in [5.74, 6) is 0.815. The van der Waals surface area contributed by atoms with Crippen molar-refractivity contribution < 1.29 is 9.84 Å². The number of likely N-dealkylation sites (tertiary alicyclic amines) is 1. The number of piperidine rings is 1. The number of rotatable bonds is 5. The molecule has 2 aliphatic heterocycles. The number of ether oxygens (including phenoxy) is 1. The Labute approximate surface area is 214 Å². The second kappa shape index (κ2) is 8.56. The van der Waals surface area contributed by atoms with Crippen LogP contribution in [0.15, 0.2) is 24.5 Å². The highest BCUT2D eigenvalue weighted by Crippen LogP contribution is 2.45. The third kappa shape index (κ3) is 4.09. The molecule has 2 aromatic heterocycles. The summed E-state index contributed by atoms with van der Waals surface area (Å²) >= 11 is 13.3. The van der Waals surface area contributed by atoms with Crippen LogP contribution >= 0.6 is 23.2 Å². The number of hydrogen-bond acceptors (Lipinski definition) is 7. The van der Waals surface area contributed by atoms with E-state index in [9.17, 15) is 5.11 Å². The Kier molecular flexibility index (Phi) is 5.73. The Morgan fingerprint density at radius 2 is 1.91 bits per heavy atom. The highest BCUT2D eigenvalue weighted by atomic mass is 35.5. The first-order chi connectivity index (χ1) is 16.8. The molecule has 8 nitrogen and oxygen atoms in total. The van der Waals surface area contributed by atoms with Gasteiger partial charge in [-0.1, -0.05) is 23.2 Å². The molecule has 3 aliphatic rings. The van der Waals surface area contributed by atoms with Crippen LogP contribution in [0.2, 0.25) is 10.2 Å². The first-order valence-electron chi connectivity index (χ1n) is 12.2. The third-order valence-corrected chi connectivity index (χ3v) is 8.88. The number of hydrogen-bond donors (Lipinski definition) is 2. The lowest BCUT2D eigenvalue weighted by molar-refractivity contribution is -0.00211. The van der Waals surface area contributed by atoms with Gasteiger partial charge in [-0.2, -0.15) is 5.10 Å². The van der Waals surface area contributed by atoms with E-state index in [2.05, 4.69) is 40.2 Å². The lowest BCUT2D eigenvalue weighted by Crippen LogP contribution is -2.56. The van der Waals surface area contributed by atoms with Crippen molar-refractivity contribution in [3.8, 4) is 0 Å². The predicted molar refractivity (Wildman–Crippen MR) is 137 cm³/mol. The van der Waals surface area contributed by atoms with Crippen molar-refractivity contribution in [3.05, 3.63) is 40.3 Å². The Hall–Kier alpha value is -1.97. The van der Waals surface area contributed by atoms with Gasteiger partial charge in [-0.3, -0.25) is 4.90 Å². The molecule has 3 aromatic rings. The second-order valence-corrected chi connectivity index (χ2v) is 11.4. The van der Waals surface area contributed by atoms with Crippen molar-refractivity contribution in [3.63, 3.8) is 0 Å². The van der Waals surface area contributed by atoms with Crippen molar-refractivity contribution in [1.29, 1.82) is 0 Å². The smallest absolute Gasteiger partial charge is 0.227 e. The number of aromatic nitrogens is 4. The number of fused-ring (bicyclic) bond motifs is 1. The summed E-state index contributed by atoms with van der Waals surface area (Å²) < 4.78 is 7.41. The molecule has 1 aliphatic carbocycles. The van der Waals surface area contributed by atoms with Crippen LogP contribution in [0.1, 0.15) is 51.0 Å². The summed E-state index contributed by atoms with van der Waals surface area (Å²) in [6.45, 7) is 7.03. The highest BCUT2D eigenvalue weighted by Gasteiger charge is 2.45. The minimum atomic E-state index is -0.446. The Bertz CT molecular complexity index is 1270. The van der Waals surface area contributed by atoms with Gasteiger partial charge in [-0.05, 0) is 76.2 Å². The van der Waals surface area contributed by atoms with Crippen molar-refractivity contribution in [2.75, 3.05) is 31.6 Å². The van der Waals surface area contributed by atoms with E-state index in [4.69, 9.17) is 32.9 Å². The van der Waals surface area contributed by atoms with E-state index in [1.165, 1.54) is 0 Å². The number of halogens is 2. The quantitative estimate of drug-likeness (QED) is 0.507. The van der Waals surface area contributed by atoms with Crippen LogP contribution in [0, 0.1) is 0 Å². The maximum absolute atomic E-state index is 10.4. The largest absolute Gasteiger partial charge is 0.389 e. The monoisotopic (exact) mass is 516 g/mol. The average molecular weight is 517 g/mol. The molecule has 1 saturated carbocycles. The lowest BCUT2D eigenvalue weighted by Gasteiger charge is -2.43. The van der Waals surface area contributed by atoms with E-state index in [0.717, 1.165) is 60.3 Å². The van der Waals surface area contributed by atoms with Crippen LogP contribution in [0.5, 0.6) is 0 Å². The fourth-order valence-electron chi connectivity index (χ4n) is 5.40. The predicted octanol–water partition coefficient (Wildman–Crippen LogP) is 4.71. The van der Waals surface area contributed by atoms with Crippen LogP contribution in [0.3, 0.4) is 0 Å². The van der Waals surface area contributed by atoms with Crippen molar-refractivity contribution >= 4 is 45.7 Å². The van der Waals surface area contributed by atoms with Crippen molar-refractivity contribution in [1.82, 2.24) is 24.6 Å². The molecule has 2 N–H and O–H groups in total. The van der Waals surface area contributed by atoms with E-state index in [0.29, 0.717) is 35.9 Å². The van der Waals surface area contributed by atoms with Gasteiger partial charge in [0.2, 0.25) is 5.95 Å². The molecule has 0 spiro atoms. The van der Waals surface area contributed by atoms with Gasteiger partial charge in [0.1, 0.15) is 0 Å². The second-order valence-electron chi connectivity index (χ2n) is 10.7. The molecule has 1 aromatic carbocycles. The molecule has 1 unspecified atom stereocenters. The molecule has 6 rings (SSSR count).